The van der Waals surface area contributed by atoms with Crippen LogP contribution in [0.3, 0.4) is 0 Å². The monoisotopic (exact) mass is 276 g/mol. The van der Waals surface area contributed by atoms with Crippen molar-refractivity contribution in [3.63, 3.8) is 0 Å². The van der Waals surface area contributed by atoms with E-state index < -0.39 is 0 Å². The van der Waals surface area contributed by atoms with Gasteiger partial charge in [-0.25, -0.2) is 9.78 Å². The lowest BCUT2D eigenvalue weighted by molar-refractivity contribution is 0.0149. The zero-order valence-corrected chi connectivity index (χ0v) is 12.6. The molecule has 0 saturated heterocycles. The van der Waals surface area contributed by atoms with E-state index in [2.05, 4.69) is 17.2 Å². The van der Waals surface area contributed by atoms with E-state index >= 15 is 0 Å². The fraction of sp³-hybridized carbons (Fsp3) is 0.625. The van der Waals surface area contributed by atoms with Gasteiger partial charge in [-0.3, -0.25) is 0 Å². The molecule has 1 aliphatic rings. The summed E-state index contributed by atoms with van der Waals surface area (Å²) in [7, 11) is 0. The maximum Gasteiger partial charge on any atom is 0.357 e. The third-order valence-corrected chi connectivity index (χ3v) is 3.56. The largest absolute Gasteiger partial charge is 0.458 e. The summed E-state index contributed by atoms with van der Waals surface area (Å²) in [6.45, 7) is 6.29. The van der Waals surface area contributed by atoms with Crippen LogP contribution in [-0.2, 0) is 4.74 Å². The van der Waals surface area contributed by atoms with E-state index in [1.54, 1.807) is 6.07 Å². The summed E-state index contributed by atoms with van der Waals surface area (Å²) in [4.78, 5) is 16.5. The van der Waals surface area contributed by atoms with Gasteiger partial charge in [0.2, 0.25) is 0 Å². The zero-order valence-electron chi connectivity index (χ0n) is 12.6. The SMILES string of the molecule is CC1CCCC(OC(=O)c2cccc(NC(C)C)n2)C1. The standard InChI is InChI=1S/C16H24N2O2/c1-11(2)17-15-9-5-8-14(18-15)16(19)20-13-7-4-6-12(3)10-13/h5,8-9,11-13H,4,6-7,10H2,1-3H3,(H,17,18). The van der Waals surface area contributed by atoms with E-state index in [0.29, 0.717) is 17.4 Å². The summed E-state index contributed by atoms with van der Waals surface area (Å²) < 4.78 is 5.58. The molecule has 1 heterocycles. The Kier molecular flexibility index (Phi) is 4.99. The summed E-state index contributed by atoms with van der Waals surface area (Å²) in [5, 5.41) is 3.19. The van der Waals surface area contributed by atoms with Crippen molar-refractivity contribution in [2.45, 2.75) is 58.6 Å². The quantitative estimate of drug-likeness (QED) is 0.853. The second-order valence-electron chi connectivity index (χ2n) is 6.01. The normalized spacial score (nSPS) is 22.6. The maximum atomic E-state index is 12.1. The molecular formula is C16H24N2O2. The third-order valence-electron chi connectivity index (χ3n) is 3.56. The predicted octanol–water partition coefficient (Wildman–Crippen LogP) is 3.64. The summed E-state index contributed by atoms with van der Waals surface area (Å²) in [6, 6.07) is 5.69. The van der Waals surface area contributed by atoms with E-state index in [9.17, 15) is 4.79 Å². The molecule has 1 fully saturated rings. The topological polar surface area (TPSA) is 51.2 Å². The van der Waals surface area contributed by atoms with Gasteiger partial charge in [-0.1, -0.05) is 19.4 Å². The highest BCUT2D eigenvalue weighted by molar-refractivity contribution is 5.87. The molecule has 1 aliphatic carbocycles. The fourth-order valence-electron chi connectivity index (χ4n) is 2.62. The van der Waals surface area contributed by atoms with Crippen LogP contribution < -0.4 is 5.32 Å². The summed E-state index contributed by atoms with van der Waals surface area (Å²) in [5.74, 6) is 1.05. The zero-order chi connectivity index (χ0) is 14.5. The minimum Gasteiger partial charge on any atom is -0.458 e. The molecule has 1 saturated carbocycles. The third kappa shape index (κ3) is 4.22. The molecule has 0 amide bonds. The van der Waals surface area contributed by atoms with E-state index in [1.807, 2.05) is 26.0 Å². The van der Waals surface area contributed by atoms with E-state index in [4.69, 9.17) is 4.74 Å². The Bertz CT molecular complexity index is 460. The number of esters is 1. The molecule has 110 valence electrons. The first kappa shape index (κ1) is 14.8. The number of rotatable bonds is 4. The highest BCUT2D eigenvalue weighted by Crippen LogP contribution is 2.26. The molecule has 2 rings (SSSR count). The van der Waals surface area contributed by atoms with Gasteiger partial charge in [0.05, 0.1) is 0 Å². The second kappa shape index (κ2) is 6.73. The van der Waals surface area contributed by atoms with Crippen molar-refractivity contribution in [2.75, 3.05) is 5.32 Å². The molecule has 2 atom stereocenters. The highest BCUT2D eigenvalue weighted by atomic mass is 16.5. The number of nitrogens with zero attached hydrogens (tertiary/aromatic N) is 1. The molecule has 1 aromatic rings. The number of hydrogen-bond acceptors (Lipinski definition) is 4. The molecule has 0 aliphatic heterocycles. The highest BCUT2D eigenvalue weighted by Gasteiger charge is 2.23. The van der Waals surface area contributed by atoms with Gasteiger partial charge in [-0.15, -0.1) is 0 Å². The van der Waals surface area contributed by atoms with Crippen molar-refractivity contribution in [1.82, 2.24) is 4.98 Å². The van der Waals surface area contributed by atoms with Crippen molar-refractivity contribution in [3.05, 3.63) is 23.9 Å². The minimum absolute atomic E-state index is 0.0507. The maximum absolute atomic E-state index is 12.1. The first-order valence-corrected chi connectivity index (χ1v) is 7.49. The Hall–Kier alpha value is -1.58. The molecule has 2 unspecified atom stereocenters. The Morgan fingerprint density at radius 3 is 2.90 bits per heavy atom. The van der Waals surface area contributed by atoms with Gasteiger partial charge < -0.3 is 10.1 Å². The van der Waals surface area contributed by atoms with Crippen LogP contribution in [0, 0.1) is 5.92 Å². The molecule has 0 radical (unpaired) electrons. The lowest BCUT2D eigenvalue weighted by Crippen LogP contribution is -2.25. The summed E-state index contributed by atoms with van der Waals surface area (Å²) in [6.07, 6.45) is 4.37. The molecule has 0 aromatic carbocycles. The van der Waals surface area contributed by atoms with Gasteiger partial charge in [0.25, 0.3) is 0 Å². The predicted molar refractivity (Wildman–Crippen MR) is 79.8 cm³/mol. The van der Waals surface area contributed by atoms with Crippen molar-refractivity contribution in [1.29, 1.82) is 0 Å². The van der Waals surface area contributed by atoms with Crippen LogP contribution in [0.25, 0.3) is 0 Å². The molecule has 1 aromatic heterocycles. The van der Waals surface area contributed by atoms with Gasteiger partial charge in [-0.05, 0) is 51.2 Å². The number of anilines is 1. The van der Waals surface area contributed by atoms with Crippen LogP contribution in [-0.4, -0.2) is 23.1 Å². The smallest absolute Gasteiger partial charge is 0.357 e. The van der Waals surface area contributed by atoms with Crippen molar-refractivity contribution >= 4 is 11.8 Å². The number of nitrogens with one attached hydrogen (secondary N) is 1. The first-order chi connectivity index (χ1) is 9.54. The molecule has 0 spiro atoms. The van der Waals surface area contributed by atoms with Gasteiger partial charge in [0.15, 0.2) is 5.69 Å². The van der Waals surface area contributed by atoms with Crippen molar-refractivity contribution < 1.29 is 9.53 Å². The molecule has 0 bridgehead atoms. The number of pyridine rings is 1. The lowest BCUT2D eigenvalue weighted by Gasteiger charge is -2.26. The number of carbonyl (C=O) groups is 1. The van der Waals surface area contributed by atoms with Gasteiger partial charge in [0, 0.05) is 6.04 Å². The molecule has 4 nitrogen and oxygen atoms in total. The van der Waals surface area contributed by atoms with E-state index in [1.165, 1.54) is 6.42 Å². The Morgan fingerprint density at radius 2 is 2.20 bits per heavy atom. The van der Waals surface area contributed by atoms with Crippen LogP contribution in [0.5, 0.6) is 0 Å². The number of aromatic nitrogens is 1. The molecule has 1 N–H and O–H groups in total. The van der Waals surface area contributed by atoms with Crippen LogP contribution in [0.15, 0.2) is 18.2 Å². The van der Waals surface area contributed by atoms with Crippen LogP contribution >= 0.6 is 0 Å². The Labute approximate surface area is 120 Å². The van der Waals surface area contributed by atoms with Gasteiger partial charge in [-0.2, -0.15) is 0 Å². The van der Waals surface area contributed by atoms with Gasteiger partial charge >= 0.3 is 5.97 Å². The average molecular weight is 276 g/mol. The molecule has 20 heavy (non-hydrogen) atoms. The number of carbonyl (C=O) groups excluding carboxylic acids is 1. The van der Waals surface area contributed by atoms with E-state index in [0.717, 1.165) is 19.3 Å². The van der Waals surface area contributed by atoms with E-state index in [-0.39, 0.29) is 18.1 Å². The minimum atomic E-state index is -0.309. The first-order valence-electron chi connectivity index (χ1n) is 7.49. The molecule has 4 heteroatoms. The average Bonchev–Trinajstić information content (AvgIpc) is 2.38. The van der Waals surface area contributed by atoms with Crippen molar-refractivity contribution in [2.24, 2.45) is 5.92 Å². The van der Waals surface area contributed by atoms with Crippen LogP contribution in [0.4, 0.5) is 5.82 Å². The number of hydrogen-bond donors (Lipinski definition) is 1. The second-order valence-corrected chi connectivity index (χ2v) is 6.01. The lowest BCUT2D eigenvalue weighted by atomic mass is 9.89. The Balaban J connectivity index is 1.98. The summed E-state index contributed by atoms with van der Waals surface area (Å²) in [5.41, 5.74) is 0.383. The summed E-state index contributed by atoms with van der Waals surface area (Å²) >= 11 is 0. The number of ether oxygens (including phenoxy) is 1. The molecular weight excluding hydrogens is 252 g/mol. The van der Waals surface area contributed by atoms with Crippen molar-refractivity contribution in [3.8, 4) is 0 Å². The Morgan fingerprint density at radius 1 is 1.40 bits per heavy atom. The van der Waals surface area contributed by atoms with Crippen LogP contribution in [0.2, 0.25) is 0 Å². The van der Waals surface area contributed by atoms with Crippen LogP contribution in [0.1, 0.15) is 56.9 Å². The fourth-order valence-corrected chi connectivity index (χ4v) is 2.62. The van der Waals surface area contributed by atoms with Gasteiger partial charge in [0.1, 0.15) is 11.9 Å².